The maximum absolute atomic E-state index is 12.6. The lowest BCUT2D eigenvalue weighted by Gasteiger charge is -2.17. The summed E-state index contributed by atoms with van der Waals surface area (Å²) in [6.45, 7) is 0.685. The SMILES string of the molecule is COc1ccc2c(c1)CCc1c(-c3ccc(C(=O)NCCCCc4ccccc4)cc3)n[nH]c1-2. The maximum Gasteiger partial charge on any atom is 0.251 e. The number of carbonyl (C=O) groups is 1. The molecule has 5 rings (SSSR count). The van der Waals surface area contributed by atoms with E-state index in [1.165, 1.54) is 22.3 Å². The van der Waals surface area contributed by atoms with Crippen LogP contribution in [0.5, 0.6) is 5.75 Å². The van der Waals surface area contributed by atoms with Crippen molar-refractivity contribution in [3.05, 3.63) is 95.1 Å². The van der Waals surface area contributed by atoms with Gasteiger partial charge in [-0.25, -0.2) is 0 Å². The van der Waals surface area contributed by atoms with Crippen molar-refractivity contribution >= 4 is 5.91 Å². The number of nitrogens with one attached hydrogen (secondary N) is 2. The molecule has 4 aromatic rings. The lowest BCUT2D eigenvalue weighted by molar-refractivity contribution is 0.0953. The number of carbonyl (C=O) groups excluding carboxylic acids is 1. The third-order valence-electron chi connectivity index (χ3n) is 6.53. The Hall–Kier alpha value is -3.86. The minimum absolute atomic E-state index is 0.0295. The van der Waals surface area contributed by atoms with Crippen molar-refractivity contribution in [1.29, 1.82) is 0 Å². The van der Waals surface area contributed by atoms with E-state index < -0.39 is 0 Å². The first-order chi connectivity index (χ1) is 16.7. The number of unbranched alkanes of at least 4 members (excludes halogenated alkanes) is 1. The van der Waals surface area contributed by atoms with E-state index in [1.54, 1.807) is 7.11 Å². The molecule has 0 saturated carbocycles. The topological polar surface area (TPSA) is 67.0 Å². The number of aromatic amines is 1. The molecule has 0 bridgehead atoms. The predicted octanol–water partition coefficient (Wildman–Crippen LogP) is 5.60. The summed E-state index contributed by atoms with van der Waals surface area (Å²) in [5.41, 5.74) is 8.77. The van der Waals surface area contributed by atoms with E-state index >= 15 is 0 Å². The molecular weight excluding hydrogens is 422 g/mol. The number of amides is 1. The molecule has 172 valence electrons. The van der Waals surface area contributed by atoms with Crippen molar-refractivity contribution in [3.63, 3.8) is 0 Å². The van der Waals surface area contributed by atoms with E-state index in [0.717, 1.165) is 54.8 Å². The number of methoxy groups -OCH3 is 1. The quantitative estimate of drug-likeness (QED) is 0.343. The maximum atomic E-state index is 12.6. The molecular formula is C29H29N3O2. The zero-order valence-corrected chi connectivity index (χ0v) is 19.4. The van der Waals surface area contributed by atoms with Crippen LogP contribution in [0.15, 0.2) is 72.8 Å². The fourth-order valence-corrected chi connectivity index (χ4v) is 4.66. The Morgan fingerprint density at radius 3 is 2.62 bits per heavy atom. The van der Waals surface area contributed by atoms with Crippen LogP contribution in [0, 0.1) is 0 Å². The Kier molecular flexibility index (Phi) is 6.43. The van der Waals surface area contributed by atoms with Gasteiger partial charge in [0.15, 0.2) is 0 Å². The molecule has 3 aromatic carbocycles. The number of H-pyrrole nitrogens is 1. The fraction of sp³-hybridized carbons (Fsp3) is 0.241. The molecule has 1 heterocycles. The van der Waals surface area contributed by atoms with E-state index in [2.05, 4.69) is 51.9 Å². The Labute approximate surface area is 200 Å². The van der Waals surface area contributed by atoms with Crippen LogP contribution in [0.25, 0.3) is 22.5 Å². The highest BCUT2D eigenvalue weighted by molar-refractivity contribution is 5.94. The molecule has 0 spiro atoms. The summed E-state index contributed by atoms with van der Waals surface area (Å²) in [5, 5.41) is 10.9. The van der Waals surface area contributed by atoms with Crippen LogP contribution >= 0.6 is 0 Å². The fourth-order valence-electron chi connectivity index (χ4n) is 4.66. The number of benzene rings is 3. The highest BCUT2D eigenvalue weighted by atomic mass is 16.5. The van der Waals surface area contributed by atoms with E-state index in [0.29, 0.717) is 12.1 Å². The number of ether oxygens (including phenoxy) is 1. The smallest absolute Gasteiger partial charge is 0.251 e. The van der Waals surface area contributed by atoms with Crippen molar-refractivity contribution in [2.24, 2.45) is 0 Å². The summed E-state index contributed by atoms with van der Waals surface area (Å²) in [7, 11) is 1.69. The number of aromatic nitrogens is 2. The molecule has 0 radical (unpaired) electrons. The number of hydrogen-bond acceptors (Lipinski definition) is 3. The van der Waals surface area contributed by atoms with Crippen molar-refractivity contribution in [2.45, 2.75) is 32.1 Å². The van der Waals surface area contributed by atoms with Crippen LogP contribution in [-0.2, 0) is 19.3 Å². The number of fused-ring (bicyclic) bond motifs is 3. The van der Waals surface area contributed by atoms with Gasteiger partial charge < -0.3 is 10.1 Å². The summed E-state index contributed by atoms with van der Waals surface area (Å²) >= 11 is 0. The van der Waals surface area contributed by atoms with Gasteiger partial charge in [0.05, 0.1) is 18.5 Å². The van der Waals surface area contributed by atoms with Gasteiger partial charge in [0.25, 0.3) is 5.91 Å². The third-order valence-corrected chi connectivity index (χ3v) is 6.53. The average molecular weight is 452 g/mol. The molecule has 5 nitrogen and oxygen atoms in total. The average Bonchev–Trinajstić information content (AvgIpc) is 3.33. The number of hydrogen-bond donors (Lipinski definition) is 2. The van der Waals surface area contributed by atoms with Crippen molar-refractivity contribution in [2.75, 3.05) is 13.7 Å². The standard InChI is InChI=1S/C29H29N3O2/c1-34-24-15-17-25-23(19-24)14-16-26-27(31-32-28(25)26)21-10-12-22(13-11-21)29(33)30-18-6-5-9-20-7-3-2-4-8-20/h2-4,7-8,10-13,15,17,19H,5-6,9,14,16,18H2,1H3,(H,30,33)(H,31,32). The summed E-state index contributed by atoms with van der Waals surface area (Å²) in [6, 6.07) is 24.4. The molecule has 0 aliphatic heterocycles. The van der Waals surface area contributed by atoms with Crippen LogP contribution < -0.4 is 10.1 Å². The van der Waals surface area contributed by atoms with Crippen LogP contribution in [0.3, 0.4) is 0 Å². The number of rotatable bonds is 8. The molecule has 34 heavy (non-hydrogen) atoms. The first-order valence-electron chi connectivity index (χ1n) is 11.9. The van der Waals surface area contributed by atoms with Gasteiger partial charge in [-0.1, -0.05) is 42.5 Å². The zero-order valence-electron chi connectivity index (χ0n) is 19.4. The van der Waals surface area contributed by atoms with Gasteiger partial charge in [-0.2, -0.15) is 5.10 Å². The summed E-state index contributed by atoms with van der Waals surface area (Å²) in [6.07, 6.45) is 4.94. The second kappa shape index (κ2) is 9.96. The summed E-state index contributed by atoms with van der Waals surface area (Å²) < 4.78 is 5.37. The van der Waals surface area contributed by atoms with Crippen LogP contribution in [0.4, 0.5) is 0 Å². The minimum atomic E-state index is -0.0295. The van der Waals surface area contributed by atoms with Crippen LogP contribution in [-0.4, -0.2) is 29.8 Å². The van der Waals surface area contributed by atoms with Gasteiger partial charge in [0.1, 0.15) is 5.75 Å². The molecule has 0 saturated heterocycles. The van der Waals surface area contributed by atoms with Gasteiger partial charge in [-0.3, -0.25) is 9.89 Å². The van der Waals surface area contributed by atoms with Crippen molar-refractivity contribution < 1.29 is 9.53 Å². The van der Waals surface area contributed by atoms with Gasteiger partial charge in [0.2, 0.25) is 0 Å². The zero-order chi connectivity index (χ0) is 23.3. The molecule has 5 heteroatoms. The Morgan fingerprint density at radius 2 is 1.82 bits per heavy atom. The lowest BCUT2D eigenvalue weighted by Crippen LogP contribution is -2.24. The molecule has 0 atom stereocenters. The minimum Gasteiger partial charge on any atom is -0.497 e. The summed E-state index contributed by atoms with van der Waals surface area (Å²) in [4.78, 5) is 12.6. The monoisotopic (exact) mass is 451 g/mol. The molecule has 1 aromatic heterocycles. The van der Waals surface area contributed by atoms with Gasteiger partial charge in [0, 0.05) is 28.8 Å². The van der Waals surface area contributed by atoms with Gasteiger partial charge in [-0.15, -0.1) is 0 Å². The second-order valence-electron chi connectivity index (χ2n) is 8.72. The second-order valence-corrected chi connectivity index (χ2v) is 8.72. The third kappa shape index (κ3) is 4.60. The molecule has 2 N–H and O–H groups in total. The lowest BCUT2D eigenvalue weighted by atomic mass is 9.87. The van der Waals surface area contributed by atoms with E-state index in [4.69, 9.17) is 4.74 Å². The molecule has 1 aliphatic rings. The summed E-state index contributed by atoms with van der Waals surface area (Å²) in [5.74, 6) is 0.852. The first-order valence-corrected chi connectivity index (χ1v) is 11.9. The van der Waals surface area contributed by atoms with Crippen LogP contribution in [0.1, 0.15) is 39.9 Å². The van der Waals surface area contributed by atoms with E-state index in [1.807, 2.05) is 36.4 Å². The van der Waals surface area contributed by atoms with E-state index in [9.17, 15) is 4.79 Å². The molecule has 0 unspecified atom stereocenters. The highest BCUT2D eigenvalue weighted by Gasteiger charge is 2.23. The Balaban J connectivity index is 1.20. The van der Waals surface area contributed by atoms with Gasteiger partial charge >= 0.3 is 0 Å². The van der Waals surface area contributed by atoms with Crippen molar-refractivity contribution in [3.8, 4) is 28.3 Å². The van der Waals surface area contributed by atoms with E-state index in [-0.39, 0.29) is 5.91 Å². The molecule has 1 amide bonds. The predicted molar refractivity (Wildman–Crippen MR) is 135 cm³/mol. The highest BCUT2D eigenvalue weighted by Crippen LogP contribution is 2.38. The Morgan fingerprint density at radius 1 is 1.00 bits per heavy atom. The Bertz CT molecular complexity index is 1280. The molecule has 0 fully saturated rings. The van der Waals surface area contributed by atoms with Crippen LogP contribution in [0.2, 0.25) is 0 Å². The normalized spacial score (nSPS) is 12.0. The largest absolute Gasteiger partial charge is 0.497 e. The molecule has 1 aliphatic carbocycles. The van der Waals surface area contributed by atoms with Gasteiger partial charge in [-0.05, 0) is 73.6 Å². The van der Waals surface area contributed by atoms with Crippen molar-refractivity contribution in [1.82, 2.24) is 15.5 Å². The number of nitrogens with zero attached hydrogens (tertiary/aromatic N) is 1. The first kappa shape index (κ1) is 22.0. The number of aryl methyl sites for hydroxylation is 2.